The number of nitrogen functional groups attached to an aromatic ring is 1. The molecule has 1 aromatic heterocycles. The molecule has 3 rings (SSSR count). The van der Waals surface area contributed by atoms with Crippen LogP contribution < -0.4 is 5.73 Å². The van der Waals surface area contributed by atoms with Crippen molar-refractivity contribution in [3.63, 3.8) is 0 Å². The third-order valence-corrected chi connectivity index (χ3v) is 5.25. The van der Waals surface area contributed by atoms with Crippen LogP contribution in [-0.2, 0) is 0 Å². The first-order valence-corrected chi connectivity index (χ1v) is 8.60. The van der Waals surface area contributed by atoms with Gasteiger partial charge in [-0.2, -0.15) is 0 Å². The molecule has 23 heavy (non-hydrogen) atoms. The number of halogens is 1. The fourth-order valence-corrected chi connectivity index (χ4v) is 3.12. The summed E-state index contributed by atoms with van der Waals surface area (Å²) < 4.78 is 6.60. The van der Waals surface area contributed by atoms with Gasteiger partial charge in [0, 0.05) is 14.8 Å². The van der Waals surface area contributed by atoms with Gasteiger partial charge in [0.05, 0.1) is 6.26 Å². The SMILES string of the molecule is Cc1cc(I)c(C)c(C)c1C.Nc1ccc(-c2ccco2)cc1. The molecule has 120 valence electrons. The van der Waals surface area contributed by atoms with Crippen LogP contribution in [0.3, 0.4) is 0 Å². The van der Waals surface area contributed by atoms with Crippen LogP contribution in [0.15, 0.2) is 53.1 Å². The molecular weight excluding hydrogens is 397 g/mol. The summed E-state index contributed by atoms with van der Waals surface area (Å²) in [5.41, 5.74) is 13.1. The number of hydrogen-bond donors (Lipinski definition) is 1. The summed E-state index contributed by atoms with van der Waals surface area (Å²) in [5, 5.41) is 0. The Bertz CT molecular complexity index is 748. The summed E-state index contributed by atoms with van der Waals surface area (Å²) in [4.78, 5) is 0. The van der Waals surface area contributed by atoms with Gasteiger partial charge in [0.2, 0.25) is 0 Å². The van der Waals surface area contributed by atoms with Gasteiger partial charge in [-0.05, 0) is 115 Å². The van der Waals surface area contributed by atoms with Crippen molar-refractivity contribution in [3.05, 3.63) is 74.6 Å². The first-order valence-electron chi connectivity index (χ1n) is 7.52. The van der Waals surface area contributed by atoms with E-state index >= 15 is 0 Å². The van der Waals surface area contributed by atoms with Gasteiger partial charge in [-0.25, -0.2) is 0 Å². The molecule has 2 aromatic carbocycles. The van der Waals surface area contributed by atoms with Gasteiger partial charge in [-0.3, -0.25) is 0 Å². The molecule has 0 unspecified atom stereocenters. The van der Waals surface area contributed by atoms with E-state index in [2.05, 4.69) is 56.4 Å². The second-order valence-electron chi connectivity index (χ2n) is 5.65. The number of hydrogen-bond acceptors (Lipinski definition) is 2. The summed E-state index contributed by atoms with van der Waals surface area (Å²) in [7, 11) is 0. The Labute approximate surface area is 151 Å². The number of benzene rings is 2. The molecule has 2 nitrogen and oxygen atoms in total. The highest BCUT2D eigenvalue weighted by atomic mass is 127. The van der Waals surface area contributed by atoms with E-state index in [0.717, 1.165) is 17.0 Å². The average Bonchev–Trinajstić information content (AvgIpc) is 3.07. The van der Waals surface area contributed by atoms with Crippen molar-refractivity contribution >= 4 is 28.3 Å². The maximum Gasteiger partial charge on any atom is 0.133 e. The Morgan fingerprint density at radius 1 is 0.870 bits per heavy atom. The fourth-order valence-electron chi connectivity index (χ4n) is 2.25. The summed E-state index contributed by atoms with van der Waals surface area (Å²) in [5.74, 6) is 0.870. The van der Waals surface area contributed by atoms with E-state index in [1.807, 2.05) is 36.4 Å². The molecule has 1 heterocycles. The van der Waals surface area contributed by atoms with E-state index in [4.69, 9.17) is 10.2 Å². The average molecular weight is 419 g/mol. The van der Waals surface area contributed by atoms with Crippen molar-refractivity contribution in [2.75, 3.05) is 5.73 Å². The number of furan rings is 1. The minimum atomic E-state index is 0.769. The Morgan fingerprint density at radius 3 is 2.09 bits per heavy atom. The molecule has 0 saturated heterocycles. The standard InChI is InChI=1S/C10H13I.C10H9NO/c1-6-5-10(11)9(4)8(3)7(6)2;11-9-5-3-8(4-6-9)10-2-1-7-12-10/h5H,1-4H3;1-7H,11H2. The molecule has 0 spiro atoms. The molecular formula is C20H22INO. The van der Waals surface area contributed by atoms with Crippen LogP contribution in [0.4, 0.5) is 5.69 Å². The van der Waals surface area contributed by atoms with E-state index in [1.165, 1.54) is 25.8 Å². The zero-order chi connectivity index (χ0) is 17.0. The summed E-state index contributed by atoms with van der Waals surface area (Å²) >= 11 is 2.39. The molecule has 0 atom stereocenters. The number of rotatable bonds is 1. The molecule has 2 N–H and O–H groups in total. The lowest BCUT2D eigenvalue weighted by Crippen LogP contribution is -1.93. The minimum absolute atomic E-state index is 0.769. The molecule has 0 amide bonds. The van der Waals surface area contributed by atoms with Crippen LogP contribution in [0.1, 0.15) is 22.3 Å². The van der Waals surface area contributed by atoms with Crippen molar-refractivity contribution in [1.29, 1.82) is 0 Å². The second-order valence-corrected chi connectivity index (χ2v) is 6.81. The normalized spacial score (nSPS) is 10.1. The minimum Gasteiger partial charge on any atom is -0.464 e. The zero-order valence-electron chi connectivity index (χ0n) is 14.0. The van der Waals surface area contributed by atoms with Gasteiger partial charge in [0.1, 0.15) is 5.76 Å². The van der Waals surface area contributed by atoms with Crippen LogP contribution in [0, 0.1) is 31.3 Å². The van der Waals surface area contributed by atoms with E-state index in [-0.39, 0.29) is 0 Å². The number of aryl methyl sites for hydroxylation is 1. The zero-order valence-corrected chi connectivity index (χ0v) is 16.1. The molecule has 0 aliphatic heterocycles. The molecule has 3 heteroatoms. The Kier molecular flexibility index (Phi) is 5.88. The molecule has 3 aromatic rings. The topological polar surface area (TPSA) is 39.2 Å². The Hall–Kier alpha value is -1.75. The third-order valence-electron chi connectivity index (χ3n) is 4.13. The van der Waals surface area contributed by atoms with Gasteiger partial charge < -0.3 is 10.2 Å². The maximum atomic E-state index is 5.55. The smallest absolute Gasteiger partial charge is 0.133 e. The summed E-state index contributed by atoms with van der Waals surface area (Å²) in [6.07, 6.45) is 1.66. The molecule has 0 aliphatic rings. The van der Waals surface area contributed by atoms with Crippen LogP contribution in [0.25, 0.3) is 11.3 Å². The van der Waals surface area contributed by atoms with E-state index in [0.29, 0.717) is 0 Å². The summed E-state index contributed by atoms with van der Waals surface area (Å²) in [6.45, 7) is 8.74. The van der Waals surface area contributed by atoms with Gasteiger partial charge in [0.25, 0.3) is 0 Å². The van der Waals surface area contributed by atoms with Crippen molar-refractivity contribution in [3.8, 4) is 11.3 Å². The molecule has 0 saturated carbocycles. The lowest BCUT2D eigenvalue weighted by atomic mass is 10.0. The van der Waals surface area contributed by atoms with Gasteiger partial charge >= 0.3 is 0 Å². The highest BCUT2D eigenvalue weighted by molar-refractivity contribution is 14.1. The molecule has 0 fully saturated rings. The van der Waals surface area contributed by atoms with Crippen LogP contribution >= 0.6 is 22.6 Å². The summed E-state index contributed by atoms with van der Waals surface area (Å²) in [6, 6.07) is 13.6. The van der Waals surface area contributed by atoms with Crippen molar-refractivity contribution in [1.82, 2.24) is 0 Å². The van der Waals surface area contributed by atoms with Gasteiger partial charge in [0.15, 0.2) is 0 Å². The van der Waals surface area contributed by atoms with Crippen LogP contribution in [0.2, 0.25) is 0 Å². The molecule has 0 bridgehead atoms. The van der Waals surface area contributed by atoms with Crippen LogP contribution in [-0.4, -0.2) is 0 Å². The highest BCUT2D eigenvalue weighted by Crippen LogP contribution is 2.22. The van der Waals surface area contributed by atoms with Crippen LogP contribution in [0.5, 0.6) is 0 Å². The predicted octanol–water partition coefficient (Wildman–Crippen LogP) is 6.05. The lowest BCUT2D eigenvalue weighted by molar-refractivity contribution is 0.582. The van der Waals surface area contributed by atoms with Crippen molar-refractivity contribution < 1.29 is 4.42 Å². The first-order chi connectivity index (χ1) is 10.9. The largest absolute Gasteiger partial charge is 0.464 e. The number of anilines is 1. The monoisotopic (exact) mass is 419 g/mol. The predicted molar refractivity (Wildman–Crippen MR) is 107 cm³/mol. The third kappa shape index (κ3) is 4.38. The first kappa shape index (κ1) is 17.6. The molecule has 0 aliphatic carbocycles. The van der Waals surface area contributed by atoms with E-state index in [9.17, 15) is 0 Å². The highest BCUT2D eigenvalue weighted by Gasteiger charge is 2.03. The molecule has 0 radical (unpaired) electrons. The quantitative estimate of drug-likeness (QED) is 0.385. The van der Waals surface area contributed by atoms with E-state index < -0.39 is 0 Å². The Balaban J connectivity index is 0.000000168. The van der Waals surface area contributed by atoms with Gasteiger partial charge in [-0.15, -0.1) is 0 Å². The maximum absolute atomic E-state index is 5.55. The van der Waals surface area contributed by atoms with Crippen molar-refractivity contribution in [2.45, 2.75) is 27.7 Å². The van der Waals surface area contributed by atoms with Gasteiger partial charge in [-0.1, -0.05) is 0 Å². The lowest BCUT2D eigenvalue weighted by Gasteiger charge is -2.09. The van der Waals surface area contributed by atoms with Crippen molar-refractivity contribution in [2.24, 2.45) is 0 Å². The second kappa shape index (κ2) is 7.68. The fraction of sp³-hybridized carbons (Fsp3) is 0.200. The van der Waals surface area contributed by atoms with E-state index in [1.54, 1.807) is 6.26 Å². The Morgan fingerprint density at radius 2 is 1.52 bits per heavy atom. The number of nitrogens with two attached hydrogens (primary N) is 1.